The molecule has 0 saturated carbocycles. The van der Waals surface area contributed by atoms with Crippen LogP contribution >= 0.6 is 11.6 Å². The summed E-state index contributed by atoms with van der Waals surface area (Å²) in [5, 5.41) is 4.19. The molecule has 2 rings (SSSR count). The highest BCUT2D eigenvalue weighted by Crippen LogP contribution is 2.36. The topological polar surface area (TPSA) is 95.5 Å². The summed E-state index contributed by atoms with van der Waals surface area (Å²) in [4.78, 5) is 23.8. The molecule has 166 valence electrons. The first-order chi connectivity index (χ1) is 15.0. The number of halogens is 1. The number of benzene rings is 2. The van der Waals surface area contributed by atoms with Crippen LogP contribution in [0.15, 0.2) is 41.5 Å². The van der Waals surface area contributed by atoms with E-state index >= 15 is 0 Å². The van der Waals surface area contributed by atoms with Gasteiger partial charge in [-0.3, -0.25) is 4.79 Å². The van der Waals surface area contributed by atoms with E-state index in [9.17, 15) is 9.59 Å². The number of ether oxygens (including phenoxy) is 4. The SMILES string of the molecule is CCOC(=O)COc1c(Cl)cc(/C=N/NC(=O)c2ccc(OCC)cc2)cc1OCC. The molecule has 0 fully saturated rings. The summed E-state index contributed by atoms with van der Waals surface area (Å²) in [6.07, 6.45) is 1.43. The molecule has 1 N–H and O–H groups in total. The molecular weight excluding hydrogens is 424 g/mol. The molecule has 0 saturated heterocycles. The first-order valence-corrected chi connectivity index (χ1v) is 10.2. The second-order valence-electron chi connectivity index (χ2n) is 6.01. The van der Waals surface area contributed by atoms with Gasteiger partial charge in [0.15, 0.2) is 18.1 Å². The van der Waals surface area contributed by atoms with Gasteiger partial charge < -0.3 is 18.9 Å². The Kier molecular flexibility index (Phi) is 9.64. The Labute approximate surface area is 186 Å². The van der Waals surface area contributed by atoms with Crippen LogP contribution in [0, 0.1) is 0 Å². The van der Waals surface area contributed by atoms with Crippen LogP contribution in [-0.4, -0.2) is 44.5 Å². The molecule has 0 aromatic heterocycles. The van der Waals surface area contributed by atoms with E-state index in [0.717, 1.165) is 0 Å². The normalized spacial score (nSPS) is 10.6. The fraction of sp³-hybridized carbons (Fsp3) is 0.318. The molecule has 0 bridgehead atoms. The van der Waals surface area contributed by atoms with E-state index in [4.69, 9.17) is 30.5 Å². The van der Waals surface area contributed by atoms with E-state index in [1.54, 1.807) is 50.2 Å². The summed E-state index contributed by atoms with van der Waals surface area (Å²) >= 11 is 6.29. The Hall–Kier alpha value is -3.26. The molecule has 2 aromatic carbocycles. The lowest BCUT2D eigenvalue weighted by atomic mass is 10.2. The van der Waals surface area contributed by atoms with Crippen molar-refractivity contribution < 1.29 is 28.5 Å². The lowest BCUT2D eigenvalue weighted by molar-refractivity contribution is -0.145. The number of hydrogen-bond acceptors (Lipinski definition) is 7. The van der Waals surface area contributed by atoms with E-state index in [-0.39, 0.29) is 29.9 Å². The minimum absolute atomic E-state index is 0.229. The summed E-state index contributed by atoms with van der Waals surface area (Å²) in [5.74, 6) is 0.380. The summed E-state index contributed by atoms with van der Waals surface area (Å²) in [6, 6.07) is 9.95. The maximum Gasteiger partial charge on any atom is 0.344 e. The maximum atomic E-state index is 12.2. The van der Waals surface area contributed by atoms with Crippen molar-refractivity contribution in [2.24, 2.45) is 5.10 Å². The van der Waals surface area contributed by atoms with Crippen LogP contribution in [0.25, 0.3) is 0 Å². The third-order valence-corrected chi connectivity index (χ3v) is 4.06. The van der Waals surface area contributed by atoms with Gasteiger partial charge in [0.1, 0.15) is 5.75 Å². The van der Waals surface area contributed by atoms with E-state index in [1.165, 1.54) is 6.21 Å². The van der Waals surface area contributed by atoms with Gasteiger partial charge in [0.2, 0.25) is 0 Å². The summed E-state index contributed by atoms with van der Waals surface area (Å²) in [5.41, 5.74) is 3.47. The second-order valence-corrected chi connectivity index (χ2v) is 6.42. The van der Waals surface area contributed by atoms with Crippen molar-refractivity contribution in [1.29, 1.82) is 0 Å². The van der Waals surface area contributed by atoms with Crippen molar-refractivity contribution in [3.8, 4) is 17.2 Å². The number of hydrazone groups is 1. The Morgan fingerprint density at radius 3 is 2.35 bits per heavy atom. The third kappa shape index (κ3) is 7.49. The number of nitrogens with zero attached hydrogens (tertiary/aromatic N) is 1. The summed E-state index contributed by atoms with van der Waals surface area (Å²) in [6.45, 7) is 6.28. The quantitative estimate of drug-likeness (QED) is 0.319. The monoisotopic (exact) mass is 448 g/mol. The Morgan fingerprint density at radius 2 is 1.71 bits per heavy atom. The van der Waals surface area contributed by atoms with Gasteiger partial charge in [-0.2, -0.15) is 5.10 Å². The lowest BCUT2D eigenvalue weighted by Gasteiger charge is -2.14. The molecule has 0 aliphatic rings. The Balaban J connectivity index is 2.07. The molecule has 31 heavy (non-hydrogen) atoms. The number of nitrogens with one attached hydrogen (secondary N) is 1. The van der Waals surface area contributed by atoms with Gasteiger partial charge in [0.05, 0.1) is 31.1 Å². The third-order valence-electron chi connectivity index (χ3n) is 3.78. The highest BCUT2D eigenvalue weighted by molar-refractivity contribution is 6.32. The molecule has 0 spiro atoms. The number of carbonyl (C=O) groups is 2. The fourth-order valence-corrected chi connectivity index (χ4v) is 2.77. The highest BCUT2D eigenvalue weighted by Gasteiger charge is 2.14. The number of amides is 1. The molecule has 8 nitrogen and oxygen atoms in total. The lowest BCUT2D eigenvalue weighted by Crippen LogP contribution is -2.17. The molecule has 0 aliphatic heterocycles. The molecule has 2 aromatic rings. The largest absolute Gasteiger partial charge is 0.494 e. The minimum atomic E-state index is -0.511. The first-order valence-electron chi connectivity index (χ1n) is 9.79. The minimum Gasteiger partial charge on any atom is -0.494 e. The molecular formula is C22H25ClN2O6. The van der Waals surface area contributed by atoms with Crippen LogP contribution in [0.3, 0.4) is 0 Å². The zero-order valence-corrected chi connectivity index (χ0v) is 18.4. The van der Waals surface area contributed by atoms with Crippen LogP contribution in [0.5, 0.6) is 17.2 Å². The number of esters is 1. The van der Waals surface area contributed by atoms with Crippen molar-refractivity contribution in [2.75, 3.05) is 26.4 Å². The van der Waals surface area contributed by atoms with Crippen molar-refractivity contribution in [3.05, 3.63) is 52.5 Å². The average molecular weight is 449 g/mol. The van der Waals surface area contributed by atoms with Crippen LogP contribution in [0.4, 0.5) is 0 Å². The Morgan fingerprint density at radius 1 is 1.00 bits per heavy atom. The Bertz CT molecular complexity index is 915. The molecule has 0 unspecified atom stereocenters. The van der Waals surface area contributed by atoms with Gasteiger partial charge in [-0.1, -0.05) is 11.6 Å². The highest BCUT2D eigenvalue weighted by atomic mass is 35.5. The smallest absolute Gasteiger partial charge is 0.344 e. The zero-order valence-electron chi connectivity index (χ0n) is 17.6. The standard InChI is InChI=1S/C22H25ClN2O6/c1-4-28-17-9-7-16(8-10-17)22(27)25-24-13-15-11-18(23)21(19(12-15)29-5-2)31-14-20(26)30-6-3/h7-13H,4-6,14H2,1-3H3,(H,25,27)/b24-13+. The first kappa shape index (κ1) is 24.0. The predicted molar refractivity (Wildman–Crippen MR) is 117 cm³/mol. The number of carbonyl (C=O) groups excluding carboxylic acids is 2. The zero-order chi connectivity index (χ0) is 22.6. The molecule has 0 radical (unpaired) electrons. The van der Waals surface area contributed by atoms with Gasteiger partial charge in [0.25, 0.3) is 5.91 Å². The summed E-state index contributed by atoms with van der Waals surface area (Å²) < 4.78 is 21.2. The number of rotatable bonds is 11. The van der Waals surface area contributed by atoms with E-state index < -0.39 is 5.97 Å². The second kappa shape index (κ2) is 12.4. The van der Waals surface area contributed by atoms with Crippen molar-refractivity contribution in [3.63, 3.8) is 0 Å². The van der Waals surface area contributed by atoms with Gasteiger partial charge in [-0.25, -0.2) is 10.2 Å². The van der Waals surface area contributed by atoms with Gasteiger partial charge >= 0.3 is 5.97 Å². The molecule has 0 aliphatic carbocycles. The maximum absolute atomic E-state index is 12.2. The van der Waals surface area contributed by atoms with E-state index in [0.29, 0.717) is 35.8 Å². The molecule has 0 atom stereocenters. The average Bonchev–Trinajstić information content (AvgIpc) is 2.74. The summed E-state index contributed by atoms with van der Waals surface area (Å²) in [7, 11) is 0. The molecule has 9 heteroatoms. The predicted octanol–water partition coefficient (Wildman–Crippen LogP) is 3.84. The van der Waals surface area contributed by atoms with Crippen LogP contribution in [0.1, 0.15) is 36.7 Å². The van der Waals surface area contributed by atoms with Crippen molar-refractivity contribution in [1.82, 2.24) is 5.43 Å². The van der Waals surface area contributed by atoms with Gasteiger partial charge in [0, 0.05) is 5.56 Å². The van der Waals surface area contributed by atoms with E-state index in [2.05, 4.69) is 10.5 Å². The van der Waals surface area contributed by atoms with Crippen LogP contribution in [-0.2, 0) is 9.53 Å². The fourth-order valence-electron chi connectivity index (χ4n) is 2.50. The molecule has 1 amide bonds. The molecule has 0 heterocycles. The van der Waals surface area contributed by atoms with Gasteiger partial charge in [-0.05, 0) is 62.7 Å². The van der Waals surface area contributed by atoms with Crippen LogP contribution in [0.2, 0.25) is 5.02 Å². The van der Waals surface area contributed by atoms with Crippen molar-refractivity contribution in [2.45, 2.75) is 20.8 Å². The van der Waals surface area contributed by atoms with Gasteiger partial charge in [-0.15, -0.1) is 0 Å². The van der Waals surface area contributed by atoms with Crippen molar-refractivity contribution >= 4 is 29.7 Å². The van der Waals surface area contributed by atoms with E-state index in [1.807, 2.05) is 6.92 Å². The number of hydrogen-bond donors (Lipinski definition) is 1. The van der Waals surface area contributed by atoms with Crippen LogP contribution < -0.4 is 19.6 Å².